The average Bonchev–Trinajstić information content (AvgIpc) is 2.93. The van der Waals surface area contributed by atoms with E-state index in [4.69, 9.17) is 23.4 Å². The highest BCUT2D eigenvalue weighted by atomic mass is 16.5. The third-order valence-corrected chi connectivity index (χ3v) is 6.22. The molecule has 1 amide bonds. The van der Waals surface area contributed by atoms with Gasteiger partial charge < -0.3 is 28.7 Å². The van der Waals surface area contributed by atoms with Gasteiger partial charge in [0.15, 0.2) is 18.1 Å². The van der Waals surface area contributed by atoms with Crippen LogP contribution >= 0.6 is 0 Å². The van der Waals surface area contributed by atoms with Crippen molar-refractivity contribution in [3.05, 3.63) is 88.3 Å². The smallest absolute Gasteiger partial charge is 0.257 e. The van der Waals surface area contributed by atoms with E-state index in [0.29, 0.717) is 46.9 Å². The number of carbonyl (C=O) groups excluding carboxylic acids is 1. The van der Waals surface area contributed by atoms with Crippen LogP contribution in [0.1, 0.15) is 31.9 Å². The number of carbonyl (C=O) groups is 1. The molecular formula is C31H33NO7. The molecule has 0 aliphatic rings. The van der Waals surface area contributed by atoms with Gasteiger partial charge in [0, 0.05) is 12.6 Å². The molecule has 1 N–H and O–H groups in total. The Bertz CT molecular complexity index is 1500. The van der Waals surface area contributed by atoms with Crippen molar-refractivity contribution in [3.63, 3.8) is 0 Å². The highest BCUT2D eigenvalue weighted by Gasteiger charge is 2.15. The highest BCUT2D eigenvalue weighted by Crippen LogP contribution is 2.28. The van der Waals surface area contributed by atoms with Crippen LogP contribution in [0.15, 0.2) is 76.1 Å². The Hall–Kier alpha value is -4.46. The van der Waals surface area contributed by atoms with Gasteiger partial charge in [0.2, 0.25) is 11.2 Å². The molecule has 39 heavy (non-hydrogen) atoms. The molecule has 0 saturated carbocycles. The number of fused-ring (bicyclic) bond motifs is 1. The Morgan fingerprint density at radius 3 is 2.28 bits per heavy atom. The van der Waals surface area contributed by atoms with Crippen molar-refractivity contribution in [2.75, 3.05) is 27.4 Å². The van der Waals surface area contributed by atoms with E-state index in [9.17, 15) is 9.59 Å². The second-order valence-corrected chi connectivity index (χ2v) is 10.0. The zero-order valence-electron chi connectivity index (χ0n) is 22.8. The summed E-state index contributed by atoms with van der Waals surface area (Å²) in [6, 6.07) is 18.1. The first-order chi connectivity index (χ1) is 18.7. The van der Waals surface area contributed by atoms with E-state index in [1.807, 2.05) is 42.5 Å². The minimum Gasteiger partial charge on any atom is -0.493 e. The lowest BCUT2D eigenvalue weighted by molar-refractivity contribution is -0.123. The second-order valence-electron chi connectivity index (χ2n) is 10.0. The van der Waals surface area contributed by atoms with E-state index in [2.05, 4.69) is 26.1 Å². The summed E-state index contributed by atoms with van der Waals surface area (Å²) in [5, 5.41) is 3.18. The molecule has 4 rings (SSSR count). The normalized spacial score (nSPS) is 11.2. The Morgan fingerprint density at radius 1 is 0.872 bits per heavy atom. The van der Waals surface area contributed by atoms with Crippen LogP contribution < -0.4 is 29.7 Å². The van der Waals surface area contributed by atoms with Gasteiger partial charge in [-0.25, -0.2) is 0 Å². The summed E-state index contributed by atoms with van der Waals surface area (Å²) in [6.45, 7) is 6.66. The Labute approximate surface area is 227 Å². The molecule has 3 aromatic carbocycles. The molecule has 204 valence electrons. The van der Waals surface area contributed by atoms with E-state index >= 15 is 0 Å². The van der Waals surface area contributed by atoms with Crippen LogP contribution in [0.3, 0.4) is 0 Å². The fourth-order valence-electron chi connectivity index (χ4n) is 3.98. The molecule has 1 aromatic heterocycles. The molecular weight excluding hydrogens is 498 g/mol. The van der Waals surface area contributed by atoms with Crippen LogP contribution in [-0.2, 0) is 16.6 Å². The van der Waals surface area contributed by atoms with Crippen molar-refractivity contribution in [1.82, 2.24) is 5.32 Å². The van der Waals surface area contributed by atoms with Gasteiger partial charge in [-0.15, -0.1) is 0 Å². The summed E-state index contributed by atoms with van der Waals surface area (Å²) in [4.78, 5) is 25.2. The van der Waals surface area contributed by atoms with Gasteiger partial charge in [0.25, 0.3) is 5.91 Å². The molecule has 0 fully saturated rings. The fourth-order valence-corrected chi connectivity index (χ4v) is 3.98. The number of hydrogen-bond donors (Lipinski definition) is 1. The second kappa shape index (κ2) is 11.9. The lowest BCUT2D eigenvalue weighted by Gasteiger charge is -2.19. The summed E-state index contributed by atoms with van der Waals surface area (Å²) in [6.07, 6.45) is 1.91. The van der Waals surface area contributed by atoms with E-state index < -0.39 is 0 Å². The van der Waals surface area contributed by atoms with Gasteiger partial charge in [0.1, 0.15) is 23.3 Å². The average molecular weight is 532 g/mol. The summed E-state index contributed by atoms with van der Waals surface area (Å²) < 4.78 is 27.6. The quantitative estimate of drug-likeness (QED) is 0.283. The zero-order valence-corrected chi connectivity index (χ0v) is 22.8. The predicted molar refractivity (Wildman–Crippen MR) is 149 cm³/mol. The first kappa shape index (κ1) is 27.6. The number of ether oxygens (including phenoxy) is 4. The Kier molecular flexibility index (Phi) is 8.44. The minimum absolute atomic E-state index is 0.0207. The van der Waals surface area contributed by atoms with Crippen molar-refractivity contribution in [2.45, 2.75) is 32.6 Å². The van der Waals surface area contributed by atoms with E-state index in [1.165, 1.54) is 11.8 Å². The monoisotopic (exact) mass is 531 g/mol. The maximum absolute atomic E-state index is 12.9. The van der Waals surface area contributed by atoms with Crippen LogP contribution in [0.5, 0.6) is 28.7 Å². The number of methoxy groups -OCH3 is 2. The maximum Gasteiger partial charge on any atom is 0.257 e. The Morgan fingerprint density at radius 2 is 1.59 bits per heavy atom. The van der Waals surface area contributed by atoms with Gasteiger partial charge >= 0.3 is 0 Å². The molecule has 8 heteroatoms. The third kappa shape index (κ3) is 6.90. The van der Waals surface area contributed by atoms with Gasteiger partial charge in [-0.2, -0.15) is 0 Å². The largest absolute Gasteiger partial charge is 0.493 e. The summed E-state index contributed by atoms with van der Waals surface area (Å²) in [5.41, 5.74) is 2.23. The SMILES string of the molecule is COc1ccc(CCNC(=O)COc2ccc3c(=O)c(Oc4ccc(C(C)(C)C)cc4)coc3c2)cc1OC. The van der Waals surface area contributed by atoms with Gasteiger partial charge in [-0.1, -0.05) is 39.0 Å². The number of nitrogens with one attached hydrogen (secondary N) is 1. The van der Waals surface area contributed by atoms with Crippen molar-refractivity contribution in [2.24, 2.45) is 0 Å². The molecule has 0 spiro atoms. The highest BCUT2D eigenvalue weighted by molar-refractivity contribution is 5.80. The standard InChI is InChI=1S/C31H33NO7/c1-31(2,3)21-7-9-22(10-8-21)39-28-18-38-26-17-23(11-12-24(26)30(28)34)37-19-29(33)32-15-14-20-6-13-25(35-4)27(16-20)36-5/h6-13,16-18H,14-15,19H2,1-5H3,(H,32,33). The van der Waals surface area contributed by atoms with Crippen LogP contribution in [0.25, 0.3) is 11.0 Å². The van der Waals surface area contributed by atoms with E-state index in [-0.39, 0.29) is 29.1 Å². The molecule has 0 bridgehead atoms. The van der Waals surface area contributed by atoms with Crippen LogP contribution in [0.4, 0.5) is 0 Å². The van der Waals surface area contributed by atoms with E-state index in [0.717, 1.165) is 5.56 Å². The third-order valence-electron chi connectivity index (χ3n) is 6.22. The maximum atomic E-state index is 12.9. The number of hydrogen-bond acceptors (Lipinski definition) is 7. The molecule has 0 unspecified atom stereocenters. The molecule has 8 nitrogen and oxygen atoms in total. The van der Waals surface area contributed by atoms with Crippen LogP contribution in [0.2, 0.25) is 0 Å². The fraction of sp³-hybridized carbons (Fsp3) is 0.290. The summed E-state index contributed by atoms with van der Waals surface area (Å²) >= 11 is 0. The van der Waals surface area contributed by atoms with Crippen molar-refractivity contribution in [3.8, 4) is 28.7 Å². The lowest BCUT2D eigenvalue weighted by Crippen LogP contribution is -2.30. The van der Waals surface area contributed by atoms with Crippen molar-refractivity contribution in [1.29, 1.82) is 0 Å². The summed E-state index contributed by atoms with van der Waals surface area (Å²) in [7, 11) is 3.17. The number of benzene rings is 3. The molecule has 1 heterocycles. The number of amides is 1. The predicted octanol–water partition coefficient (Wildman–Crippen LogP) is 5.64. The molecule has 4 aromatic rings. The first-order valence-corrected chi connectivity index (χ1v) is 12.6. The molecule has 0 aliphatic heterocycles. The topological polar surface area (TPSA) is 96.2 Å². The van der Waals surface area contributed by atoms with Crippen molar-refractivity contribution < 1.29 is 28.2 Å². The molecule has 0 aliphatic carbocycles. The van der Waals surface area contributed by atoms with Crippen molar-refractivity contribution >= 4 is 16.9 Å². The molecule has 0 atom stereocenters. The number of rotatable bonds is 10. The lowest BCUT2D eigenvalue weighted by atomic mass is 9.87. The zero-order chi connectivity index (χ0) is 28.0. The minimum atomic E-state index is -0.296. The first-order valence-electron chi connectivity index (χ1n) is 12.6. The summed E-state index contributed by atoms with van der Waals surface area (Å²) in [5.74, 6) is 2.08. The van der Waals surface area contributed by atoms with Crippen LogP contribution in [-0.4, -0.2) is 33.3 Å². The Balaban J connectivity index is 1.32. The van der Waals surface area contributed by atoms with Crippen LogP contribution in [0, 0.1) is 0 Å². The van der Waals surface area contributed by atoms with E-state index in [1.54, 1.807) is 32.4 Å². The van der Waals surface area contributed by atoms with Gasteiger partial charge in [0.05, 0.1) is 19.6 Å². The van der Waals surface area contributed by atoms with Gasteiger partial charge in [-0.3, -0.25) is 9.59 Å². The van der Waals surface area contributed by atoms with Gasteiger partial charge in [-0.05, 0) is 59.4 Å². The molecule has 0 radical (unpaired) electrons. The molecule has 0 saturated heterocycles.